The van der Waals surface area contributed by atoms with Crippen molar-refractivity contribution in [1.29, 1.82) is 0 Å². The molecule has 1 aliphatic rings. The molecule has 1 aromatic carbocycles. The molecule has 2 rings (SSSR count). The van der Waals surface area contributed by atoms with Crippen LogP contribution in [0.4, 0.5) is 0 Å². The van der Waals surface area contributed by atoms with E-state index in [2.05, 4.69) is 30.9 Å². The second-order valence-corrected chi connectivity index (χ2v) is 5.48. The Kier molecular flexibility index (Phi) is 7.35. The Bertz CT molecular complexity index is 462. The maximum Gasteiger partial charge on any atom is 0.184 e. The molecule has 21 heavy (non-hydrogen) atoms. The third kappa shape index (κ3) is 5.53. The van der Waals surface area contributed by atoms with Crippen molar-refractivity contribution in [2.45, 2.75) is 58.2 Å². The van der Waals surface area contributed by atoms with Gasteiger partial charge >= 0.3 is 0 Å². The maximum absolute atomic E-state index is 5.80. The van der Waals surface area contributed by atoms with Crippen LogP contribution in [0.2, 0.25) is 0 Å². The van der Waals surface area contributed by atoms with Gasteiger partial charge < -0.3 is 9.47 Å². The van der Waals surface area contributed by atoms with Gasteiger partial charge in [0, 0.05) is 17.5 Å². The molecule has 0 N–H and O–H groups in total. The normalized spacial score (nSPS) is 16.0. The third-order valence-corrected chi connectivity index (χ3v) is 3.67. The van der Waals surface area contributed by atoms with Crippen LogP contribution >= 0.6 is 0 Å². The Morgan fingerprint density at radius 2 is 1.81 bits per heavy atom. The molecule has 1 fully saturated rings. The predicted molar refractivity (Wildman–Crippen MR) is 86.0 cm³/mol. The minimum absolute atomic E-state index is 0.252. The summed E-state index contributed by atoms with van der Waals surface area (Å²) in [4.78, 5) is 0. The van der Waals surface area contributed by atoms with Crippen LogP contribution in [0, 0.1) is 11.8 Å². The van der Waals surface area contributed by atoms with E-state index in [1.54, 1.807) is 0 Å². The van der Waals surface area contributed by atoms with E-state index < -0.39 is 0 Å². The van der Waals surface area contributed by atoms with Gasteiger partial charge in [0.25, 0.3) is 0 Å². The van der Waals surface area contributed by atoms with Gasteiger partial charge in [-0.05, 0) is 25.3 Å². The third-order valence-electron chi connectivity index (χ3n) is 3.67. The van der Waals surface area contributed by atoms with Gasteiger partial charge in [0.15, 0.2) is 6.29 Å². The number of rotatable bonds is 5. The summed E-state index contributed by atoms with van der Waals surface area (Å²) in [5.41, 5.74) is 2.11. The highest BCUT2D eigenvalue weighted by atomic mass is 16.7. The topological polar surface area (TPSA) is 18.5 Å². The molecule has 1 heterocycles. The second-order valence-electron chi connectivity index (χ2n) is 5.48. The Balaban J connectivity index is 1.97. The average Bonchev–Trinajstić information content (AvgIpc) is 2.80. The quantitative estimate of drug-likeness (QED) is 0.570. The monoisotopic (exact) mass is 286 g/mol. The fraction of sp³-hybridized carbons (Fsp3) is 0.579. The first-order valence-electron chi connectivity index (χ1n) is 8.23. The number of hydrogen-bond acceptors (Lipinski definition) is 2. The molecule has 0 unspecified atom stereocenters. The van der Waals surface area contributed by atoms with Gasteiger partial charge in [-0.15, -0.1) is 0 Å². The maximum atomic E-state index is 5.80. The Hall–Kier alpha value is -1.30. The highest BCUT2D eigenvalue weighted by Gasteiger charge is 2.17. The van der Waals surface area contributed by atoms with E-state index >= 15 is 0 Å². The largest absolute Gasteiger partial charge is 0.348 e. The van der Waals surface area contributed by atoms with Crippen LogP contribution in [0.15, 0.2) is 24.3 Å². The molecule has 1 aromatic rings. The molecule has 114 valence electrons. The van der Waals surface area contributed by atoms with Gasteiger partial charge in [0.2, 0.25) is 0 Å². The smallest absolute Gasteiger partial charge is 0.184 e. The van der Waals surface area contributed by atoms with Crippen LogP contribution in [0.5, 0.6) is 0 Å². The molecular formula is C19H26O2. The summed E-state index contributed by atoms with van der Waals surface area (Å²) in [6.07, 6.45) is 7.91. The molecule has 2 heteroatoms. The number of ether oxygens (including phenoxy) is 2. The van der Waals surface area contributed by atoms with Crippen molar-refractivity contribution in [2.75, 3.05) is 13.2 Å². The number of benzene rings is 1. The molecular weight excluding hydrogens is 260 g/mol. The predicted octanol–water partition coefficient (Wildman–Crippen LogP) is 4.83. The number of unbranched alkanes of at least 4 members (excludes halogenated alkanes) is 4. The standard InChI is InChI=1S/C19H26O2/c1-2-3-4-5-6-7-12-17-13-8-9-14-18(17)19-20-15-10-11-16-21-19/h8-9,13-14,19H,2-6,10-11,15-16H2,1H3. The summed E-state index contributed by atoms with van der Waals surface area (Å²) < 4.78 is 11.6. The second kappa shape index (κ2) is 9.60. The molecule has 0 aliphatic carbocycles. The lowest BCUT2D eigenvalue weighted by atomic mass is 10.1. The van der Waals surface area contributed by atoms with Gasteiger partial charge in [-0.25, -0.2) is 0 Å². The Labute approximate surface area is 128 Å². The summed E-state index contributed by atoms with van der Waals surface area (Å²) in [6, 6.07) is 8.18. The summed E-state index contributed by atoms with van der Waals surface area (Å²) in [5.74, 6) is 6.59. The molecule has 1 saturated heterocycles. The molecule has 0 saturated carbocycles. The van der Waals surface area contributed by atoms with Crippen LogP contribution in [0.25, 0.3) is 0 Å². The minimum Gasteiger partial charge on any atom is -0.348 e. The van der Waals surface area contributed by atoms with Crippen molar-refractivity contribution in [3.8, 4) is 11.8 Å². The molecule has 0 atom stereocenters. The lowest BCUT2D eigenvalue weighted by Gasteiger charge is -2.17. The van der Waals surface area contributed by atoms with Crippen LogP contribution in [-0.4, -0.2) is 13.2 Å². The molecule has 0 aromatic heterocycles. The first-order chi connectivity index (χ1) is 10.4. The van der Waals surface area contributed by atoms with Crippen molar-refractivity contribution >= 4 is 0 Å². The van der Waals surface area contributed by atoms with Gasteiger partial charge in [-0.3, -0.25) is 0 Å². The van der Waals surface area contributed by atoms with E-state index in [0.717, 1.165) is 43.6 Å². The Morgan fingerprint density at radius 1 is 1.05 bits per heavy atom. The fourth-order valence-corrected chi connectivity index (χ4v) is 2.43. The highest BCUT2D eigenvalue weighted by Crippen LogP contribution is 2.25. The van der Waals surface area contributed by atoms with Crippen LogP contribution < -0.4 is 0 Å². The molecule has 0 spiro atoms. The van der Waals surface area contributed by atoms with E-state index in [0.29, 0.717) is 0 Å². The van der Waals surface area contributed by atoms with Crippen molar-refractivity contribution in [3.63, 3.8) is 0 Å². The van der Waals surface area contributed by atoms with Gasteiger partial charge in [0.1, 0.15) is 0 Å². The van der Waals surface area contributed by atoms with Crippen LogP contribution in [0.3, 0.4) is 0 Å². The zero-order valence-corrected chi connectivity index (χ0v) is 13.1. The molecule has 2 nitrogen and oxygen atoms in total. The van der Waals surface area contributed by atoms with E-state index in [4.69, 9.17) is 9.47 Å². The van der Waals surface area contributed by atoms with Gasteiger partial charge in [-0.2, -0.15) is 0 Å². The van der Waals surface area contributed by atoms with Gasteiger partial charge in [-0.1, -0.05) is 56.2 Å². The van der Waals surface area contributed by atoms with Crippen LogP contribution in [0.1, 0.15) is 69.3 Å². The molecule has 0 radical (unpaired) electrons. The minimum atomic E-state index is -0.252. The highest BCUT2D eigenvalue weighted by molar-refractivity contribution is 5.42. The SMILES string of the molecule is CCCCCCC#Cc1ccccc1C1OCCCCO1. The zero-order valence-electron chi connectivity index (χ0n) is 13.1. The van der Waals surface area contributed by atoms with E-state index in [-0.39, 0.29) is 6.29 Å². The van der Waals surface area contributed by atoms with Crippen molar-refractivity contribution in [2.24, 2.45) is 0 Å². The first-order valence-corrected chi connectivity index (χ1v) is 8.23. The molecule has 0 amide bonds. The summed E-state index contributed by atoms with van der Waals surface area (Å²) in [7, 11) is 0. The van der Waals surface area contributed by atoms with E-state index in [1.807, 2.05) is 12.1 Å². The summed E-state index contributed by atoms with van der Waals surface area (Å²) >= 11 is 0. The van der Waals surface area contributed by atoms with E-state index in [1.165, 1.54) is 25.7 Å². The molecule has 0 bridgehead atoms. The van der Waals surface area contributed by atoms with Crippen LogP contribution in [-0.2, 0) is 9.47 Å². The van der Waals surface area contributed by atoms with Gasteiger partial charge in [0.05, 0.1) is 13.2 Å². The average molecular weight is 286 g/mol. The van der Waals surface area contributed by atoms with Crippen molar-refractivity contribution in [3.05, 3.63) is 35.4 Å². The lowest BCUT2D eigenvalue weighted by Crippen LogP contribution is -2.08. The number of hydrogen-bond donors (Lipinski definition) is 0. The summed E-state index contributed by atoms with van der Waals surface area (Å²) in [5, 5.41) is 0. The Morgan fingerprint density at radius 3 is 2.57 bits per heavy atom. The fourth-order valence-electron chi connectivity index (χ4n) is 2.43. The molecule has 1 aliphatic heterocycles. The summed E-state index contributed by atoms with van der Waals surface area (Å²) in [6.45, 7) is 3.77. The first kappa shape index (κ1) is 16.1. The lowest BCUT2D eigenvalue weighted by molar-refractivity contribution is -0.130. The van der Waals surface area contributed by atoms with Crippen molar-refractivity contribution < 1.29 is 9.47 Å². The van der Waals surface area contributed by atoms with Crippen molar-refractivity contribution in [1.82, 2.24) is 0 Å². The zero-order chi connectivity index (χ0) is 14.8. The van der Waals surface area contributed by atoms with E-state index in [9.17, 15) is 0 Å².